The summed E-state index contributed by atoms with van der Waals surface area (Å²) in [5.74, 6) is 1.40. The second-order valence-corrected chi connectivity index (χ2v) is 8.85. The average molecular weight is 391 g/mol. The monoisotopic (exact) mass is 390 g/mol. The Balaban J connectivity index is 1.40. The molecule has 28 heavy (non-hydrogen) atoms. The van der Waals surface area contributed by atoms with Crippen LogP contribution in [-0.2, 0) is 14.3 Å². The summed E-state index contributed by atoms with van der Waals surface area (Å²) in [7, 11) is 0. The Morgan fingerprint density at radius 1 is 1.21 bits per heavy atom. The summed E-state index contributed by atoms with van der Waals surface area (Å²) in [6, 6.07) is 0.0257. The molecule has 7 heteroatoms. The summed E-state index contributed by atoms with van der Waals surface area (Å²) in [6.45, 7) is 7.18. The normalized spacial score (nSPS) is 35.5. The number of hydrogen-bond acceptors (Lipinski definition) is 5. The molecule has 0 radical (unpaired) electrons. The Labute approximate surface area is 167 Å². The Kier molecular flexibility index (Phi) is 6.33. The van der Waals surface area contributed by atoms with E-state index in [1.54, 1.807) is 0 Å². The highest BCUT2D eigenvalue weighted by molar-refractivity contribution is 5.83. The third-order valence-electron chi connectivity index (χ3n) is 7.15. The van der Waals surface area contributed by atoms with Crippen molar-refractivity contribution >= 4 is 11.8 Å². The molecule has 0 spiro atoms. The minimum atomic E-state index is -0.192. The second kappa shape index (κ2) is 8.93. The van der Waals surface area contributed by atoms with Gasteiger partial charge in [0.15, 0.2) is 0 Å². The highest BCUT2D eigenvalue weighted by Crippen LogP contribution is 2.31. The summed E-state index contributed by atoms with van der Waals surface area (Å²) < 4.78 is 5.42. The maximum Gasteiger partial charge on any atom is 0.242 e. The van der Waals surface area contributed by atoms with Crippen LogP contribution in [0.2, 0.25) is 0 Å². The van der Waals surface area contributed by atoms with E-state index in [1.807, 2.05) is 0 Å². The summed E-state index contributed by atoms with van der Waals surface area (Å²) in [6.07, 6.45) is 8.02. The summed E-state index contributed by atoms with van der Waals surface area (Å²) in [5.41, 5.74) is 6.96. The molecule has 3 aliphatic heterocycles. The first-order valence-electron chi connectivity index (χ1n) is 10.9. The van der Waals surface area contributed by atoms with Gasteiger partial charge in [-0.2, -0.15) is 0 Å². The van der Waals surface area contributed by atoms with Crippen molar-refractivity contribution in [2.24, 2.45) is 17.8 Å². The molecule has 0 aromatic rings. The zero-order chi connectivity index (χ0) is 19.5. The van der Waals surface area contributed by atoms with Crippen molar-refractivity contribution in [2.75, 3.05) is 45.9 Å². The Morgan fingerprint density at radius 3 is 2.82 bits per heavy atom. The Hall–Kier alpha value is -1.44. The van der Waals surface area contributed by atoms with Crippen LogP contribution in [0.4, 0.5) is 0 Å². The third-order valence-corrected chi connectivity index (χ3v) is 7.15. The van der Waals surface area contributed by atoms with E-state index in [0.29, 0.717) is 32.2 Å². The predicted molar refractivity (Wildman–Crippen MR) is 106 cm³/mol. The molecule has 3 fully saturated rings. The van der Waals surface area contributed by atoms with E-state index in [9.17, 15) is 9.59 Å². The molecule has 0 aromatic heterocycles. The van der Waals surface area contributed by atoms with E-state index < -0.39 is 0 Å². The van der Waals surface area contributed by atoms with Crippen LogP contribution in [0.15, 0.2) is 11.6 Å². The van der Waals surface area contributed by atoms with Gasteiger partial charge in [-0.3, -0.25) is 19.9 Å². The molecule has 156 valence electrons. The van der Waals surface area contributed by atoms with Crippen molar-refractivity contribution < 1.29 is 14.3 Å². The van der Waals surface area contributed by atoms with Crippen LogP contribution in [0.3, 0.4) is 0 Å². The van der Waals surface area contributed by atoms with E-state index in [2.05, 4.69) is 33.7 Å². The lowest BCUT2D eigenvalue weighted by molar-refractivity contribution is -0.141. The molecule has 2 amide bonds. The average Bonchev–Trinajstić information content (AvgIpc) is 2.71. The van der Waals surface area contributed by atoms with Crippen LogP contribution < -0.4 is 10.9 Å². The molecule has 4 rings (SSSR count). The summed E-state index contributed by atoms with van der Waals surface area (Å²) in [4.78, 5) is 29.8. The zero-order valence-electron chi connectivity index (χ0n) is 17.0. The fourth-order valence-electron chi connectivity index (χ4n) is 5.34. The molecule has 2 N–H and O–H groups in total. The molecule has 4 atom stereocenters. The van der Waals surface area contributed by atoms with Crippen LogP contribution in [-0.4, -0.2) is 73.6 Å². The highest BCUT2D eigenvalue weighted by Gasteiger charge is 2.41. The third kappa shape index (κ3) is 4.26. The van der Waals surface area contributed by atoms with E-state index >= 15 is 0 Å². The van der Waals surface area contributed by atoms with Crippen molar-refractivity contribution in [1.82, 2.24) is 20.7 Å². The maximum absolute atomic E-state index is 12.9. The predicted octanol–water partition coefficient (Wildman–Crippen LogP) is 0.923. The maximum atomic E-state index is 12.9. The highest BCUT2D eigenvalue weighted by atomic mass is 16.5. The number of nitrogens with zero attached hydrogens (tertiary/aromatic N) is 2. The minimum Gasteiger partial charge on any atom is -0.377 e. The van der Waals surface area contributed by atoms with Crippen molar-refractivity contribution in [3.05, 3.63) is 11.6 Å². The molecule has 3 heterocycles. The van der Waals surface area contributed by atoms with Crippen LogP contribution in [0, 0.1) is 17.8 Å². The summed E-state index contributed by atoms with van der Waals surface area (Å²) >= 11 is 0. The lowest BCUT2D eigenvalue weighted by Crippen LogP contribution is -2.65. The van der Waals surface area contributed by atoms with Crippen LogP contribution in [0.5, 0.6) is 0 Å². The number of carbonyl (C=O) groups excluding carboxylic acids is 2. The van der Waals surface area contributed by atoms with Gasteiger partial charge in [0.25, 0.3) is 0 Å². The van der Waals surface area contributed by atoms with Gasteiger partial charge in [-0.25, -0.2) is 5.43 Å². The summed E-state index contributed by atoms with van der Waals surface area (Å²) in [5, 5.41) is 0. The lowest BCUT2D eigenvalue weighted by Gasteiger charge is -2.45. The molecule has 4 unspecified atom stereocenters. The number of carbonyl (C=O) groups is 2. The van der Waals surface area contributed by atoms with E-state index in [-0.39, 0.29) is 23.8 Å². The van der Waals surface area contributed by atoms with Crippen molar-refractivity contribution in [3.8, 4) is 0 Å². The Morgan fingerprint density at radius 2 is 2.07 bits per heavy atom. The van der Waals surface area contributed by atoms with Crippen LogP contribution >= 0.6 is 0 Å². The van der Waals surface area contributed by atoms with Gasteiger partial charge in [0, 0.05) is 32.2 Å². The molecular formula is C21H34N4O3. The van der Waals surface area contributed by atoms with Crippen molar-refractivity contribution in [1.29, 1.82) is 0 Å². The van der Waals surface area contributed by atoms with E-state index in [1.165, 1.54) is 25.7 Å². The van der Waals surface area contributed by atoms with Crippen LogP contribution in [0.1, 0.15) is 39.0 Å². The number of piperazine rings is 1. The molecule has 1 saturated carbocycles. The molecule has 2 saturated heterocycles. The number of amides is 2. The number of rotatable bonds is 4. The smallest absolute Gasteiger partial charge is 0.242 e. The quantitative estimate of drug-likeness (QED) is 0.699. The van der Waals surface area contributed by atoms with Gasteiger partial charge in [0.05, 0.1) is 25.7 Å². The molecule has 0 bridgehead atoms. The molecule has 7 nitrogen and oxygen atoms in total. The minimum absolute atomic E-state index is 0.00955. The number of hydrogen-bond donors (Lipinski definition) is 2. The van der Waals surface area contributed by atoms with E-state index in [4.69, 9.17) is 4.74 Å². The standard InChI is InChI=1S/C21H34N4O3/c1-15-4-2-3-5-17(15)13-25-9-8-24(14-19(25)26)18-12-22-23-21(27)20(18)16-6-10-28-11-7-16/h6,15,17-18,20,22H,2-5,7-14H2,1H3,(H,23,27). The van der Waals surface area contributed by atoms with Gasteiger partial charge >= 0.3 is 0 Å². The second-order valence-electron chi connectivity index (χ2n) is 8.85. The zero-order valence-corrected chi connectivity index (χ0v) is 17.0. The molecule has 1 aliphatic carbocycles. The lowest BCUT2D eigenvalue weighted by atomic mass is 9.80. The topological polar surface area (TPSA) is 73.9 Å². The van der Waals surface area contributed by atoms with Crippen molar-refractivity contribution in [2.45, 2.75) is 45.1 Å². The number of ether oxygens (including phenoxy) is 1. The van der Waals surface area contributed by atoms with Gasteiger partial charge in [-0.15, -0.1) is 0 Å². The Bertz CT molecular complexity index is 623. The SMILES string of the molecule is CC1CCCCC1CN1CCN(C2CNNC(=O)C2C2=CCOCC2)CC1=O. The molecule has 0 aromatic carbocycles. The fourth-order valence-corrected chi connectivity index (χ4v) is 5.34. The largest absolute Gasteiger partial charge is 0.377 e. The van der Waals surface area contributed by atoms with Gasteiger partial charge in [0.1, 0.15) is 0 Å². The molecule has 4 aliphatic rings. The fraction of sp³-hybridized carbons (Fsp3) is 0.810. The number of hydrazine groups is 1. The molecular weight excluding hydrogens is 356 g/mol. The first-order chi connectivity index (χ1) is 13.6. The first kappa shape index (κ1) is 19.9. The van der Waals surface area contributed by atoms with Gasteiger partial charge < -0.3 is 9.64 Å². The van der Waals surface area contributed by atoms with Gasteiger partial charge in [-0.05, 0) is 24.7 Å². The number of nitrogens with one attached hydrogen (secondary N) is 2. The first-order valence-corrected chi connectivity index (χ1v) is 10.9. The van der Waals surface area contributed by atoms with Crippen molar-refractivity contribution in [3.63, 3.8) is 0 Å². The van der Waals surface area contributed by atoms with E-state index in [0.717, 1.165) is 37.5 Å². The van der Waals surface area contributed by atoms with Crippen LogP contribution in [0.25, 0.3) is 0 Å². The van der Waals surface area contributed by atoms with Gasteiger partial charge in [-0.1, -0.05) is 37.8 Å². The van der Waals surface area contributed by atoms with Gasteiger partial charge in [0.2, 0.25) is 11.8 Å².